The van der Waals surface area contributed by atoms with Crippen molar-refractivity contribution in [2.24, 2.45) is 0 Å². The Labute approximate surface area is 149 Å². The predicted molar refractivity (Wildman–Crippen MR) is 94.6 cm³/mol. The van der Waals surface area contributed by atoms with Crippen LogP contribution in [0.15, 0.2) is 24.3 Å². The number of nitrogens with one attached hydrogen (secondary N) is 3. The Balaban J connectivity index is 1.97. The Morgan fingerprint density at radius 1 is 1.16 bits per heavy atom. The van der Waals surface area contributed by atoms with Gasteiger partial charge >= 0.3 is 6.03 Å². The van der Waals surface area contributed by atoms with E-state index in [0.717, 1.165) is 29.7 Å². The lowest BCUT2D eigenvalue weighted by molar-refractivity contribution is -0.932. The molecule has 0 saturated heterocycles. The zero-order valence-corrected chi connectivity index (χ0v) is 14.9. The van der Waals surface area contributed by atoms with Gasteiger partial charge in [0.15, 0.2) is 6.54 Å². The van der Waals surface area contributed by atoms with Crippen LogP contribution < -0.4 is 15.5 Å². The van der Waals surface area contributed by atoms with Crippen LogP contribution >= 0.6 is 0 Å². The number of quaternary nitrogens is 1. The molecule has 0 radical (unpaired) electrons. The minimum Gasteiger partial charge on any atom is -0.338 e. The maximum Gasteiger partial charge on any atom is 0.321 e. The highest BCUT2D eigenvalue weighted by Gasteiger charge is 2.27. The van der Waals surface area contributed by atoms with Gasteiger partial charge in [-0.25, -0.2) is 9.18 Å². The van der Waals surface area contributed by atoms with Crippen LogP contribution in [0.1, 0.15) is 51.0 Å². The summed E-state index contributed by atoms with van der Waals surface area (Å²) in [6, 6.07) is 6.41. The minimum atomic E-state index is -0.434. The van der Waals surface area contributed by atoms with Gasteiger partial charge in [-0.2, -0.15) is 0 Å². The van der Waals surface area contributed by atoms with E-state index >= 15 is 0 Å². The van der Waals surface area contributed by atoms with Crippen LogP contribution in [0, 0.1) is 5.82 Å². The average molecular weight is 350 g/mol. The summed E-state index contributed by atoms with van der Waals surface area (Å²) in [6.07, 6.45) is 6.60. The molecule has 2 rings (SSSR count). The molecule has 1 aromatic carbocycles. The van der Waals surface area contributed by atoms with E-state index in [9.17, 15) is 14.0 Å². The highest BCUT2D eigenvalue weighted by atomic mass is 19.1. The number of carbonyl (C=O) groups excluding carboxylic acids is 2. The summed E-state index contributed by atoms with van der Waals surface area (Å²) < 4.78 is 13.1. The van der Waals surface area contributed by atoms with Gasteiger partial charge in [-0.05, 0) is 44.2 Å². The second-order valence-electron chi connectivity index (χ2n) is 6.78. The SMILES string of the molecule is CCCNC(=O)NC(=O)C[NH+](Cc1ccc(F)cc1)C1CCCCC1. The van der Waals surface area contributed by atoms with Crippen molar-refractivity contribution < 1.29 is 18.9 Å². The Morgan fingerprint density at radius 2 is 1.84 bits per heavy atom. The van der Waals surface area contributed by atoms with Gasteiger partial charge in [0.25, 0.3) is 5.91 Å². The van der Waals surface area contributed by atoms with Crippen LogP contribution in [0.5, 0.6) is 0 Å². The monoisotopic (exact) mass is 350 g/mol. The number of rotatable bonds is 7. The Bertz CT molecular complexity index is 556. The molecule has 3 amide bonds. The molecule has 0 aromatic heterocycles. The molecule has 1 atom stereocenters. The number of benzene rings is 1. The number of hydrogen-bond donors (Lipinski definition) is 3. The predicted octanol–water partition coefficient (Wildman–Crippen LogP) is 1.78. The summed E-state index contributed by atoms with van der Waals surface area (Å²) >= 11 is 0. The van der Waals surface area contributed by atoms with Gasteiger partial charge in [0.2, 0.25) is 0 Å². The molecule has 138 valence electrons. The Hall–Kier alpha value is -1.95. The lowest BCUT2D eigenvalue weighted by atomic mass is 9.93. The second kappa shape index (κ2) is 10.1. The van der Waals surface area contributed by atoms with E-state index in [0.29, 0.717) is 19.1 Å². The average Bonchev–Trinajstić information content (AvgIpc) is 2.62. The summed E-state index contributed by atoms with van der Waals surface area (Å²) in [6.45, 7) is 3.42. The van der Waals surface area contributed by atoms with Gasteiger partial charge in [0, 0.05) is 12.1 Å². The van der Waals surface area contributed by atoms with Crippen molar-refractivity contribution in [3.63, 3.8) is 0 Å². The molecule has 6 heteroatoms. The number of imide groups is 1. The summed E-state index contributed by atoms with van der Waals surface area (Å²) in [5.41, 5.74) is 1.00. The fraction of sp³-hybridized carbons (Fsp3) is 0.579. The van der Waals surface area contributed by atoms with E-state index < -0.39 is 6.03 Å². The van der Waals surface area contributed by atoms with Crippen molar-refractivity contribution in [2.75, 3.05) is 13.1 Å². The molecule has 0 bridgehead atoms. The van der Waals surface area contributed by atoms with Crippen LogP contribution in [0.4, 0.5) is 9.18 Å². The number of amides is 3. The summed E-state index contributed by atoms with van der Waals surface area (Å²) in [5.74, 6) is -0.524. The number of urea groups is 1. The lowest BCUT2D eigenvalue weighted by Crippen LogP contribution is -3.15. The molecular weight excluding hydrogens is 321 g/mol. The van der Waals surface area contributed by atoms with Crippen LogP contribution in [-0.4, -0.2) is 31.1 Å². The van der Waals surface area contributed by atoms with Crippen molar-refractivity contribution >= 4 is 11.9 Å². The first-order valence-electron chi connectivity index (χ1n) is 9.25. The van der Waals surface area contributed by atoms with Gasteiger partial charge in [-0.15, -0.1) is 0 Å². The first kappa shape index (κ1) is 19.4. The number of hydrogen-bond acceptors (Lipinski definition) is 2. The van der Waals surface area contributed by atoms with E-state index in [-0.39, 0.29) is 18.3 Å². The quantitative estimate of drug-likeness (QED) is 0.702. The van der Waals surface area contributed by atoms with E-state index in [4.69, 9.17) is 0 Å². The molecule has 1 unspecified atom stereocenters. The molecule has 0 spiro atoms. The van der Waals surface area contributed by atoms with Gasteiger partial charge in [-0.3, -0.25) is 10.1 Å². The molecule has 1 aromatic rings. The van der Waals surface area contributed by atoms with Gasteiger partial charge < -0.3 is 10.2 Å². The third-order valence-corrected chi connectivity index (χ3v) is 4.70. The fourth-order valence-electron chi connectivity index (χ4n) is 3.39. The van der Waals surface area contributed by atoms with Crippen LogP contribution in [0.3, 0.4) is 0 Å². The highest BCUT2D eigenvalue weighted by Crippen LogP contribution is 2.15. The molecule has 1 aliphatic carbocycles. The number of carbonyl (C=O) groups is 2. The highest BCUT2D eigenvalue weighted by molar-refractivity contribution is 5.94. The molecule has 0 heterocycles. The van der Waals surface area contributed by atoms with Crippen molar-refractivity contribution in [1.29, 1.82) is 0 Å². The summed E-state index contributed by atoms with van der Waals surface area (Å²) in [4.78, 5) is 25.1. The van der Waals surface area contributed by atoms with Gasteiger partial charge in [-0.1, -0.05) is 25.5 Å². The zero-order chi connectivity index (χ0) is 18.1. The Kier molecular flexibility index (Phi) is 7.85. The summed E-state index contributed by atoms with van der Waals surface area (Å²) in [7, 11) is 0. The van der Waals surface area contributed by atoms with Crippen molar-refractivity contribution in [1.82, 2.24) is 10.6 Å². The minimum absolute atomic E-state index is 0.252. The summed E-state index contributed by atoms with van der Waals surface area (Å²) in [5, 5.41) is 5.06. The van der Waals surface area contributed by atoms with E-state index in [1.165, 1.54) is 31.4 Å². The molecule has 3 N–H and O–H groups in total. The number of halogens is 1. The first-order chi connectivity index (χ1) is 12.1. The molecule has 1 saturated carbocycles. The van der Waals surface area contributed by atoms with Crippen LogP contribution in [-0.2, 0) is 11.3 Å². The smallest absolute Gasteiger partial charge is 0.321 e. The molecule has 0 aliphatic heterocycles. The third-order valence-electron chi connectivity index (χ3n) is 4.70. The molecule has 25 heavy (non-hydrogen) atoms. The second-order valence-corrected chi connectivity index (χ2v) is 6.78. The lowest BCUT2D eigenvalue weighted by Gasteiger charge is -2.31. The van der Waals surface area contributed by atoms with E-state index in [1.807, 2.05) is 6.92 Å². The maximum atomic E-state index is 13.1. The molecular formula is C19H29FN3O2+. The van der Waals surface area contributed by atoms with E-state index in [1.54, 1.807) is 12.1 Å². The maximum absolute atomic E-state index is 13.1. The van der Waals surface area contributed by atoms with Gasteiger partial charge in [0.1, 0.15) is 12.4 Å². The third kappa shape index (κ3) is 6.82. The van der Waals surface area contributed by atoms with Crippen molar-refractivity contribution in [3.05, 3.63) is 35.6 Å². The molecule has 5 nitrogen and oxygen atoms in total. The van der Waals surface area contributed by atoms with Crippen molar-refractivity contribution in [3.8, 4) is 0 Å². The van der Waals surface area contributed by atoms with Crippen molar-refractivity contribution in [2.45, 2.75) is 58.0 Å². The first-order valence-corrected chi connectivity index (χ1v) is 9.25. The topological polar surface area (TPSA) is 62.6 Å². The van der Waals surface area contributed by atoms with Gasteiger partial charge in [0.05, 0.1) is 6.04 Å². The normalized spacial score (nSPS) is 16.2. The van der Waals surface area contributed by atoms with Crippen LogP contribution in [0.2, 0.25) is 0 Å². The van der Waals surface area contributed by atoms with Crippen LogP contribution in [0.25, 0.3) is 0 Å². The largest absolute Gasteiger partial charge is 0.338 e. The van der Waals surface area contributed by atoms with E-state index in [2.05, 4.69) is 10.6 Å². The standard InChI is InChI=1S/C19H28FN3O2/c1-2-12-21-19(25)22-18(24)14-23(17-6-4-3-5-7-17)13-15-8-10-16(20)11-9-15/h8-11,17H,2-7,12-14H2,1H3,(H2,21,22,24,25)/p+1. The Morgan fingerprint density at radius 3 is 2.48 bits per heavy atom. The molecule has 1 fully saturated rings. The fourth-order valence-corrected chi connectivity index (χ4v) is 3.39. The zero-order valence-electron chi connectivity index (χ0n) is 14.9. The molecule has 1 aliphatic rings.